The van der Waals surface area contributed by atoms with E-state index >= 15 is 0 Å². The van der Waals surface area contributed by atoms with Crippen molar-refractivity contribution in [3.05, 3.63) is 28.0 Å². The van der Waals surface area contributed by atoms with Crippen LogP contribution in [0.15, 0.2) is 12.1 Å². The molecule has 0 aromatic carbocycles. The van der Waals surface area contributed by atoms with Crippen LogP contribution in [0, 0.1) is 0 Å². The van der Waals surface area contributed by atoms with Crippen molar-refractivity contribution < 1.29 is 10.2 Å². The van der Waals surface area contributed by atoms with Crippen molar-refractivity contribution in [3.63, 3.8) is 0 Å². The normalized spacial score (nSPS) is 11.1. The maximum Gasteiger partial charge on any atom is 0.131 e. The molecule has 0 fully saturated rings. The smallest absolute Gasteiger partial charge is 0.131 e. The Labute approximate surface area is 104 Å². The summed E-state index contributed by atoms with van der Waals surface area (Å²) in [5.41, 5.74) is 0.909. The van der Waals surface area contributed by atoms with E-state index in [1.807, 2.05) is 4.90 Å². The number of rotatable bonds is 6. The monoisotopic (exact) mass is 264 g/mol. The molecule has 0 aliphatic rings. The van der Waals surface area contributed by atoms with Gasteiger partial charge in [0.2, 0.25) is 0 Å². The summed E-state index contributed by atoms with van der Waals surface area (Å²) in [5, 5.41) is 18.4. The zero-order valence-electron chi connectivity index (χ0n) is 8.74. The molecule has 0 amide bonds. The Hall–Kier alpha value is -0.390. The van der Waals surface area contributed by atoms with Gasteiger partial charge in [0, 0.05) is 19.6 Å². The SMILES string of the molecule is OCCN(CCO)Cc1cc(Cl)nc(Cl)c1. The molecule has 6 heteroatoms. The fraction of sp³-hybridized carbons (Fsp3) is 0.500. The molecule has 1 heterocycles. The Morgan fingerprint density at radius 3 is 2.00 bits per heavy atom. The minimum Gasteiger partial charge on any atom is -0.395 e. The van der Waals surface area contributed by atoms with Crippen molar-refractivity contribution in [2.24, 2.45) is 0 Å². The first kappa shape index (κ1) is 13.7. The van der Waals surface area contributed by atoms with Gasteiger partial charge in [-0.15, -0.1) is 0 Å². The van der Waals surface area contributed by atoms with Crippen LogP contribution >= 0.6 is 23.2 Å². The van der Waals surface area contributed by atoms with Gasteiger partial charge in [0.1, 0.15) is 10.3 Å². The van der Waals surface area contributed by atoms with Crippen LogP contribution in [0.3, 0.4) is 0 Å². The highest BCUT2D eigenvalue weighted by Crippen LogP contribution is 2.16. The first-order chi connectivity index (χ1) is 7.65. The number of aromatic nitrogens is 1. The van der Waals surface area contributed by atoms with E-state index in [1.54, 1.807) is 12.1 Å². The van der Waals surface area contributed by atoms with E-state index in [1.165, 1.54) is 0 Å². The molecule has 0 bridgehead atoms. The molecule has 0 saturated heterocycles. The number of nitrogens with zero attached hydrogens (tertiary/aromatic N) is 2. The highest BCUT2D eigenvalue weighted by Gasteiger charge is 2.06. The molecule has 0 radical (unpaired) electrons. The predicted octanol–water partition coefficient (Wildman–Crippen LogP) is 1.17. The van der Waals surface area contributed by atoms with Gasteiger partial charge in [0.05, 0.1) is 13.2 Å². The third kappa shape index (κ3) is 4.63. The highest BCUT2D eigenvalue weighted by molar-refractivity contribution is 6.32. The van der Waals surface area contributed by atoms with Crippen molar-refractivity contribution >= 4 is 23.2 Å². The third-order valence-electron chi connectivity index (χ3n) is 2.06. The molecule has 0 aliphatic carbocycles. The molecule has 1 rings (SSSR count). The Bertz CT molecular complexity index is 310. The van der Waals surface area contributed by atoms with E-state index in [-0.39, 0.29) is 13.2 Å². The summed E-state index contributed by atoms with van der Waals surface area (Å²) in [5.74, 6) is 0. The van der Waals surface area contributed by atoms with Crippen LogP contribution in [0.2, 0.25) is 10.3 Å². The van der Waals surface area contributed by atoms with Gasteiger partial charge >= 0.3 is 0 Å². The molecule has 0 saturated carbocycles. The van der Waals surface area contributed by atoms with E-state index < -0.39 is 0 Å². The summed E-state index contributed by atoms with van der Waals surface area (Å²) in [7, 11) is 0. The molecule has 0 aliphatic heterocycles. The van der Waals surface area contributed by atoms with Crippen molar-refractivity contribution in [1.29, 1.82) is 0 Å². The molecule has 4 nitrogen and oxygen atoms in total. The Morgan fingerprint density at radius 1 is 1.06 bits per heavy atom. The zero-order chi connectivity index (χ0) is 12.0. The Kier molecular flexibility index (Phi) is 6.01. The fourth-order valence-electron chi connectivity index (χ4n) is 1.42. The second-order valence-corrected chi connectivity index (χ2v) is 4.12. The van der Waals surface area contributed by atoms with Gasteiger partial charge in [-0.1, -0.05) is 23.2 Å². The maximum atomic E-state index is 8.86. The molecule has 0 atom stereocenters. The number of aliphatic hydroxyl groups is 2. The number of aliphatic hydroxyl groups excluding tert-OH is 2. The van der Waals surface area contributed by atoms with Crippen LogP contribution in [0.4, 0.5) is 0 Å². The van der Waals surface area contributed by atoms with Gasteiger partial charge in [-0.3, -0.25) is 4.90 Å². The van der Waals surface area contributed by atoms with Crippen molar-refractivity contribution in [1.82, 2.24) is 9.88 Å². The lowest BCUT2D eigenvalue weighted by Crippen LogP contribution is -2.29. The predicted molar refractivity (Wildman–Crippen MR) is 63.7 cm³/mol. The van der Waals surface area contributed by atoms with Crippen LogP contribution in [-0.4, -0.2) is 46.4 Å². The molecule has 0 spiro atoms. The third-order valence-corrected chi connectivity index (χ3v) is 2.45. The van der Waals surface area contributed by atoms with Gasteiger partial charge in [-0.05, 0) is 17.7 Å². The lowest BCUT2D eigenvalue weighted by atomic mass is 10.2. The van der Waals surface area contributed by atoms with Crippen LogP contribution in [0.5, 0.6) is 0 Å². The molecule has 16 heavy (non-hydrogen) atoms. The average Bonchev–Trinajstić information content (AvgIpc) is 2.16. The Morgan fingerprint density at radius 2 is 1.56 bits per heavy atom. The first-order valence-electron chi connectivity index (χ1n) is 4.91. The lowest BCUT2D eigenvalue weighted by Gasteiger charge is -2.20. The molecule has 1 aromatic rings. The molecule has 2 N–H and O–H groups in total. The van der Waals surface area contributed by atoms with Crippen molar-refractivity contribution in [3.8, 4) is 0 Å². The van der Waals surface area contributed by atoms with Crippen LogP contribution in [0.25, 0.3) is 0 Å². The van der Waals surface area contributed by atoms with E-state index in [4.69, 9.17) is 33.4 Å². The standard InChI is InChI=1S/C10H14Cl2N2O2/c11-9-5-8(6-10(12)13-9)7-14(1-3-15)2-4-16/h5-6,15-16H,1-4,7H2. The summed E-state index contributed by atoms with van der Waals surface area (Å²) in [6.07, 6.45) is 0. The molecule has 0 unspecified atom stereocenters. The van der Waals surface area contributed by atoms with E-state index in [0.717, 1.165) is 5.56 Å². The summed E-state index contributed by atoms with van der Waals surface area (Å²) in [6, 6.07) is 3.43. The molecule has 90 valence electrons. The summed E-state index contributed by atoms with van der Waals surface area (Å²) >= 11 is 11.5. The summed E-state index contributed by atoms with van der Waals surface area (Å²) < 4.78 is 0. The average molecular weight is 265 g/mol. The summed E-state index contributed by atoms with van der Waals surface area (Å²) in [4.78, 5) is 5.75. The minimum atomic E-state index is 0.0482. The largest absolute Gasteiger partial charge is 0.395 e. The Balaban J connectivity index is 2.68. The second-order valence-electron chi connectivity index (χ2n) is 3.34. The number of hydrogen-bond acceptors (Lipinski definition) is 4. The van der Waals surface area contributed by atoms with E-state index in [2.05, 4.69) is 4.98 Å². The summed E-state index contributed by atoms with van der Waals surface area (Å²) in [6.45, 7) is 1.67. The molecular weight excluding hydrogens is 251 g/mol. The first-order valence-corrected chi connectivity index (χ1v) is 5.67. The number of hydrogen-bond donors (Lipinski definition) is 2. The van der Waals surface area contributed by atoms with Gasteiger partial charge in [-0.25, -0.2) is 4.98 Å². The quantitative estimate of drug-likeness (QED) is 0.758. The van der Waals surface area contributed by atoms with Crippen LogP contribution in [0.1, 0.15) is 5.56 Å². The number of pyridine rings is 1. The zero-order valence-corrected chi connectivity index (χ0v) is 10.2. The van der Waals surface area contributed by atoms with Crippen molar-refractivity contribution in [2.45, 2.75) is 6.54 Å². The van der Waals surface area contributed by atoms with Gasteiger partial charge in [0.25, 0.3) is 0 Å². The molecule has 1 aromatic heterocycles. The molecular formula is C10H14Cl2N2O2. The topological polar surface area (TPSA) is 56.6 Å². The van der Waals surface area contributed by atoms with Crippen LogP contribution in [-0.2, 0) is 6.54 Å². The van der Waals surface area contributed by atoms with E-state index in [9.17, 15) is 0 Å². The highest BCUT2D eigenvalue weighted by atomic mass is 35.5. The fourth-order valence-corrected chi connectivity index (χ4v) is 1.92. The van der Waals surface area contributed by atoms with Crippen LogP contribution < -0.4 is 0 Å². The second kappa shape index (κ2) is 7.04. The lowest BCUT2D eigenvalue weighted by molar-refractivity contribution is 0.156. The number of halogens is 2. The van der Waals surface area contributed by atoms with E-state index in [0.29, 0.717) is 29.9 Å². The maximum absolute atomic E-state index is 8.86. The van der Waals surface area contributed by atoms with Gasteiger partial charge < -0.3 is 10.2 Å². The minimum absolute atomic E-state index is 0.0482. The van der Waals surface area contributed by atoms with Crippen molar-refractivity contribution in [2.75, 3.05) is 26.3 Å². The van der Waals surface area contributed by atoms with Gasteiger partial charge in [-0.2, -0.15) is 0 Å². The van der Waals surface area contributed by atoms with Gasteiger partial charge in [0.15, 0.2) is 0 Å².